The summed E-state index contributed by atoms with van der Waals surface area (Å²) in [7, 11) is 0. The molecule has 0 saturated carbocycles. The van der Waals surface area contributed by atoms with Gasteiger partial charge in [0.1, 0.15) is 0 Å². The Morgan fingerprint density at radius 2 is 2.00 bits per heavy atom. The van der Waals surface area contributed by atoms with Crippen LogP contribution in [0.25, 0.3) is 0 Å². The van der Waals surface area contributed by atoms with Gasteiger partial charge in [-0.2, -0.15) is 0 Å². The van der Waals surface area contributed by atoms with E-state index < -0.39 is 0 Å². The molecule has 0 N–H and O–H groups in total. The van der Waals surface area contributed by atoms with E-state index in [1.807, 2.05) is 4.90 Å². The van der Waals surface area contributed by atoms with Crippen LogP contribution < -0.4 is 0 Å². The Bertz CT molecular complexity index is 264. The largest absolute Gasteiger partial charge is 0.343 e. The highest BCUT2D eigenvalue weighted by Crippen LogP contribution is 2.17. The number of thioether (sulfide) groups is 1. The van der Waals surface area contributed by atoms with E-state index in [0.29, 0.717) is 13.0 Å². The second-order valence-electron chi connectivity index (χ2n) is 3.94. The van der Waals surface area contributed by atoms with Crippen LogP contribution in [0.15, 0.2) is 0 Å². The molecule has 0 aliphatic carbocycles. The van der Waals surface area contributed by atoms with Crippen LogP contribution in [0, 0.1) is 0 Å². The lowest BCUT2D eigenvalue weighted by molar-refractivity contribution is -0.130. The molecule has 0 radical (unpaired) electrons. The molecule has 2 heterocycles. The van der Waals surface area contributed by atoms with Crippen LogP contribution in [0.2, 0.25) is 0 Å². The number of rotatable bonds is 3. The maximum Gasteiger partial charge on any atom is 0.281 e. The van der Waals surface area contributed by atoms with Gasteiger partial charge >= 0.3 is 0 Å². The predicted octanol–water partition coefficient (Wildman–Crippen LogP) is 1.17. The lowest BCUT2D eigenvalue weighted by Crippen LogP contribution is -2.32. The first-order chi connectivity index (χ1) is 7.27. The average Bonchev–Trinajstić information content (AvgIpc) is 2.85. The maximum absolute atomic E-state index is 11.7. The third-order valence-electron chi connectivity index (χ3n) is 2.90. The number of hydrogen-bond donors (Lipinski definition) is 0. The summed E-state index contributed by atoms with van der Waals surface area (Å²) in [5.41, 5.74) is 0. The fraction of sp³-hybridized carbons (Fsp3) is 0.800. The molecule has 0 aromatic heterocycles. The molecule has 2 rings (SSSR count). The number of likely N-dealkylation sites (tertiary alicyclic amines) is 1. The van der Waals surface area contributed by atoms with Crippen molar-refractivity contribution in [2.24, 2.45) is 0 Å². The molecule has 15 heavy (non-hydrogen) atoms. The van der Waals surface area contributed by atoms with Crippen molar-refractivity contribution < 1.29 is 9.59 Å². The molecule has 0 aromatic carbocycles. The molecule has 4 nitrogen and oxygen atoms in total. The number of hydrogen-bond acceptors (Lipinski definition) is 3. The first-order valence-corrected chi connectivity index (χ1v) is 6.45. The molecule has 2 aliphatic rings. The first-order valence-electron chi connectivity index (χ1n) is 5.47. The van der Waals surface area contributed by atoms with Crippen LogP contribution in [0.1, 0.15) is 19.3 Å². The number of nitrogens with zero attached hydrogens (tertiary/aromatic N) is 2. The lowest BCUT2D eigenvalue weighted by atomic mass is 10.3. The normalized spacial score (nSPS) is 21.5. The molecule has 2 saturated heterocycles. The van der Waals surface area contributed by atoms with Gasteiger partial charge in [-0.1, -0.05) is 11.8 Å². The molecule has 5 heteroatoms. The van der Waals surface area contributed by atoms with Crippen molar-refractivity contribution >= 4 is 22.9 Å². The summed E-state index contributed by atoms with van der Waals surface area (Å²) in [5.74, 6) is 1.08. The minimum atomic E-state index is 0.129. The summed E-state index contributed by atoms with van der Waals surface area (Å²) >= 11 is 1.35. The predicted molar refractivity (Wildman–Crippen MR) is 59.9 cm³/mol. The molecule has 0 spiro atoms. The molecule has 2 fully saturated rings. The highest BCUT2D eigenvalue weighted by molar-refractivity contribution is 8.13. The Kier molecular flexibility index (Phi) is 3.51. The molecule has 0 atom stereocenters. The lowest BCUT2D eigenvalue weighted by Gasteiger charge is -2.18. The summed E-state index contributed by atoms with van der Waals surface area (Å²) in [4.78, 5) is 26.6. The van der Waals surface area contributed by atoms with Gasteiger partial charge in [0.25, 0.3) is 5.24 Å². The Hall–Kier alpha value is -0.710. The van der Waals surface area contributed by atoms with Crippen molar-refractivity contribution in [1.29, 1.82) is 0 Å². The Labute approximate surface area is 94.0 Å². The van der Waals surface area contributed by atoms with Crippen molar-refractivity contribution in [1.82, 2.24) is 9.80 Å². The van der Waals surface area contributed by atoms with Crippen molar-refractivity contribution in [3.05, 3.63) is 0 Å². The molecule has 0 unspecified atom stereocenters. The highest BCUT2D eigenvalue weighted by Gasteiger charge is 2.23. The zero-order valence-corrected chi connectivity index (χ0v) is 9.59. The minimum Gasteiger partial charge on any atom is -0.343 e. The monoisotopic (exact) mass is 228 g/mol. The van der Waals surface area contributed by atoms with Crippen LogP contribution in [-0.4, -0.2) is 52.9 Å². The smallest absolute Gasteiger partial charge is 0.281 e. The second-order valence-corrected chi connectivity index (χ2v) is 4.99. The summed E-state index contributed by atoms with van der Waals surface area (Å²) in [6.45, 7) is 3.21. The standard InChI is InChI=1S/C10H16N2O2S/c13-9(11-4-1-2-5-11)3-6-12-7-8-15-10(12)14/h1-8H2. The zero-order valence-electron chi connectivity index (χ0n) is 8.78. The van der Waals surface area contributed by atoms with Gasteiger partial charge in [-0.15, -0.1) is 0 Å². The summed E-state index contributed by atoms with van der Waals surface area (Å²) < 4.78 is 0. The fourth-order valence-corrected chi connectivity index (χ4v) is 2.84. The van der Waals surface area contributed by atoms with E-state index in [-0.39, 0.29) is 11.1 Å². The molecule has 0 aromatic rings. The third-order valence-corrected chi connectivity index (χ3v) is 3.79. The van der Waals surface area contributed by atoms with Crippen LogP contribution in [-0.2, 0) is 4.79 Å². The first kappa shape index (κ1) is 10.8. The van der Waals surface area contributed by atoms with E-state index in [1.165, 1.54) is 11.8 Å². The van der Waals surface area contributed by atoms with E-state index in [0.717, 1.165) is 38.2 Å². The maximum atomic E-state index is 11.7. The van der Waals surface area contributed by atoms with Crippen LogP contribution >= 0.6 is 11.8 Å². The molecule has 84 valence electrons. The van der Waals surface area contributed by atoms with Gasteiger partial charge in [0, 0.05) is 38.4 Å². The number of carbonyl (C=O) groups is 2. The van der Waals surface area contributed by atoms with Crippen molar-refractivity contribution in [3.8, 4) is 0 Å². The van der Waals surface area contributed by atoms with Gasteiger partial charge in [0.05, 0.1) is 0 Å². The van der Waals surface area contributed by atoms with Crippen molar-refractivity contribution in [2.45, 2.75) is 19.3 Å². The Balaban J connectivity index is 1.72. The molecule has 0 bridgehead atoms. The van der Waals surface area contributed by atoms with Crippen LogP contribution in [0.4, 0.5) is 4.79 Å². The van der Waals surface area contributed by atoms with Gasteiger partial charge in [-0.05, 0) is 12.8 Å². The molecule has 2 amide bonds. The Morgan fingerprint density at radius 1 is 1.27 bits per heavy atom. The molecule has 2 aliphatic heterocycles. The van der Waals surface area contributed by atoms with Crippen molar-refractivity contribution in [3.63, 3.8) is 0 Å². The topological polar surface area (TPSA) is 40.6 Å². The highest BCUT2D eigenvalue weighted by atomic mass is 32.2. The van der Waals surface area contributed by atoms with Gasteiger partial charge in [0.15, 0.2) is 0 Å². The average molecular weight is 228 g/mol. The second kappa shape index (κ2) is 4.88. The van der Waals surface area contributed by atoms with E-state index in [4.69, 9.17) is 0 Å². The number of amides is 2. The van der Waals surface area contributed by atoms with E-state index >= 15 is 0 Å². The summed E-state index contributed by atoms with van der Waals surface area (Å²) in [6.07, 6.45) is 2.75. The van der Waals surface area contributed by atoms with E-state index in [9.17, 15) is 9.59 Å². The molecular weight excluding hydrogens is 212 g/mol. The Morgan fingerprint density at radius 3 is 2.60 bits per heavy atom. The number of carbonyl (C=O) groups excluding carboxylic acids is 2. The van der Waals surface area contributed by atoms with Gasteiger partial charge < -0.3 is 9.80 Å². The summed E-state index contributed by atoms with van der Waals surface area (Å²) in [6, 6.07) is 0. The van der Waals surface area contributed by atoms with Crippen LogP contribution in [0.5, 0.6) is 0 Å². The fourth-order valence-electron chi connectivity index (χ4n) is 1.98. The van der Waals surface area contributed by atoms with E-state index in [1.54, 1.807) is 4.90 Å². The van der Waals surface area contributed by atoms with Crippen LogP contribution in [0.3, 0.4) is 0 Å². The van der Waals surface area contributed by atoms with E-state index in [2.05, 4.69) is 0 Å². The third kappa shape index (κ3) is 2.65. The zero-order chi connectivity index (χ0) is 10.7. The van der Waals surface area contributed by atoms with Gasteiger partial charge in [-0.25, -0.2) is 0 Å². The van der Waals surface area contributed by atoms with Crippen molar-refractivity contribution in [2.75, 3.05) is 31.9 Å². The van der Waals surface area contributed by atoms with Gasteiger partial charge in [0.2, 0.25) is 5.91 Å². The molecular formula is C10H16N2O2S. The quantitative estimate of drug-likeness (QED) is 0.728. The minimum absolute atomic E-state index is 0.129. The summed E-state index contributed by atoms with van der Waals surface area (Å²) in [5, 5.41) is 0.129. The SMILES string of the molecule is O=C(CCN1CCSC1=O)N1CCCC1. The van der Waals surface area contributed by atoms with Gasteiger partial charge in [-0.3, -0.25) is 9.59 Å².